The summed E-state index contributed by atoms with van der Waals surface area (Å²) in [6, 6.07) is 9.52. The molecule has 0 saturated heterocycles. The summed E-state index contributed by atoms with van der Waals surface area (Å²) in [6.45, 7) is 4.04. The van der Waals surface area contributed by atoms with E-state index in [-0.39, 0.29) is 17.9 Å². The minimum Gasteiger partial charge on any atom is -0.469 e. The topological polar surface area (TPSA) is 61.2 Å². The number of aromatic nitrogens is 2. The SMILES string of the molecule is C/C=C\C/C=C\Cc1c(C)sc2nc(SCCC(=O)OC)n(-c3ccccc3)c(=O)c12. The third-order valence-corrected chi connectivity index (χ3v) is 6.75. The summed E-state index contributed by atoms with van der Waals surface area (Å²) in [5.74, 6) is 0.212. The molecule has 31 heavy (non-hydrogen) atoms. The van der Waals surface area contributed by atoms with Crippen LogP contribution in [-0.4, -0.2) is 28.4 Å². The highest BCUT2D eigenvalue weighted by Gasteiger charge is 2.19. The Labute approximate surface area is 190 Å². The summed E-state index contributed by atoms with van der Waals surface area (Å²) < 4.78 is 6.38. The largest absolute Gasteiger partial charge is 0.469 e. The van der Waals surface area contributed by atoms with Crippen molar-refractivity contribution in [3.05, 3.63) is 75.4 Å². The van der Waals surface area contributed by atoms with Crippen LogP contribution in [0.5, 0.6) is 0 Å². The number of carbonyl (C=O) groups is 1. The predicted molar refractivity (Wildman–Crippen MR) is 130 cm³/mol. The molecule has 0 fully saturated rings. The van der Waals surface area contributed by atoms with Crippen LogP contribution in [0.25, 0.3) is 15.9 Å². The molecule has 0 atom stereocenters. The van der Waals surface area contributed by atoms with Crippen molar-refractivity contribution in [3.8, 4) is 5.69 Å². The second-order valence-electron chi connectivity index (χ2n) is 6.84. The van der Waals surface area contributed by atoms with Crippen molar-refractivity contribution in [1.82, 2.24) is 9.55 Å². The van der Waals surface area contributed by atoms with Crippen LogP contribution in [0.2, 0.25) is 0 Å². The van der Waals surface area contributed by atoms with E-state index < -0.39 is 0 Å². The van der Waals surface area contributed by atoms with Crippen molar-refractivity contribution >= 4 is 39.3 Å². The fourth-order valence-corrected chi connectivity index (χ4v) is 5.21. The van der Waals surface area contributed by atoms with Gasteiger partial charge >= 0.3 is 5.97 Å². The third-order valence-electron chi connectivity index (χ3n) is 4.77. The van der Waals surface area contributed by atoms with Crippen LogP contribution in [0, 0.1) is 6.92 Å². The molecular formula is C24H26N2O3S2. The Balaban J connectivity index is 2.06. The maximum absolute atomic E-state index is 13.7. The summed E-state index contributed by atoms with van der Waals surface area (Å²) in [6.07, 6.45) is 10.2. The van der Waals surface area contributed by atoms with E-state index in [2.05, 4.69) is 18.2 Å². The van der Waals surface area contributed by atoms with E-state index in [1.165, 1.54) is 18.9 Å². The van der Waals surface area contributed by atoms with Gasteiger partial charge < -0.3 is 4.74 Å². The molecule has 0 spiro atoms. The van der Waals surface area contributed by atoms with Gasteiger partial charge in [-0.2, -0.15) is 0 Å². The fourth-order valence-electron chi connectivity index (χ4n) is 3.18. The lowest BCUT2D eigenvalue weighted by Gasteiger charge is -2.12. The number of rotatable bonds is 9. The number of nitrogens with zero attached hydrogens (tertiary/aromatic N) is 2. The highest BCUT2D eigenvalue weighted by Crippen LogP contribution is 2.31. The molecule has 0 amide bonds. The molecule has 3 rings (SSSR count). The van der Waals surface area contributed by atoms with E-state index in [1.54, 1.807) is 15.9 Å². The van der Waals surface area contributed by atoms with E-state index in [0.717, 1.165) is 27.4 Å². The van der Waals surface area contributed by atoms with Gasteiger partial charge in [-0.1, -0.05) is 54.3 Å². The number of methoxy groups -OCH3 is 1. The van der Waals surface area contributed by atoms with E-state index in [0.29, 0.717) is 22.7 Å². The minimum atomic E-state index is -0.277. The van der Waals surface area contributed by atoms with E-state index in [4.69, 9.17) is 9.72 Å². The van der Waals surface area contributed by atoms with Crippen molar-refractivity contribution < 1.29 is 9.53 Å². The van der Waals surface area contributed by atoms with Crippen molar-refractivity contribution in [2.24, 2.45) is 0 Å². The molecule has 2 aromatic heterocycles. The zero-order valence-corrected chi connectivity index (χ0v) is 19.6. The Bertz CT molecular complexity index is 1160. The van der Waals surface area contributed by atoms with E-state index in [9.17, 15) is 9.59 Å². The van der Waals surface area contributed by atoms with Crippen molar-refractivity contribution in [1.29, 1.82) is 0 Å². The number of carbonyl (C=O) groups excluding carboxylic acids is 1. The quantitative estimate of drug-likeness (QED) is 0.186. The number of ether oxygens (including phenoxy) is 1. The van der Waals surface area contributed by atoms with Crippen LogP contribution >= 0.6 is 23.1 Å². The molecule has 3 aromatic rings. The lowest BCUT2D eigenvalue weighted by Crippen LogP contribution is -2.22. The zero-order valence-electron chi connectivity index (χ0n) is 18.0. The Kier molecular flexibility index (Phi) is 8.26. The molecule has 0 bridgehead atoms. The van der Waals surface area contributed by atoms with Gasteiger partial charge in [-0.25, -0.2) is 4.98 Å². The molecule has 0 aliphatic heterocycles. The summed E-state index contributed by atoms with van der Waals surface area (Å²) in [4.78, 5) is 31.9. The third kappa shape index (κ3) is 5.54. The van der Waals surface area contributed by atoms with Gasteiger partial charge in [0.25, 0.3) is 5.56 Å². The Morgan fingerprint density at radius 2 is 2.00 bits per heavy atom. The summed E-state index contributed by atoms with van der Waals surface area (Å²) in [5.41, 5.74) is 1.73. The molecule has 0 saturated carbocycles. The molecule has 2 heterocycles. The van der Waals surface area contributed by atoms with Crippen LogP contribution in [-0.2, 0) is 16.0 Å². The van der Waals surface area contributed by atoms with Crippen molar-refractivity contribution in [2.45, 2.75) is 38.3 Å². The lowest BCUT2D eigenvalue weighted by atomic mass is 10.1. The molecule has 162 valence electrons. The molecule has 5 nitrogen and oxygen atoms in total. The van der Waals surface area contributed by atoms with Crippen LogP contribution in [0.4, 0.5) is 0 Å². The number of hydrogen-bond acceptors (Lipinski definition) is 6. The van der Waals surface area contributed by atoms with Gasteiger partial charge in [-0.15, -0.1) is 11.3 Å². The summed E-state index contributed by atoms with van der Waals surface area (Å²) in [7, 11) is 1.38. The molecule has 0 unspecified atom stereocenters. The first-order valence-corrected chi connectivity index (χ1v) is 11.9. The minimum absolute atomic E-state index is 0.0713. The number of benzene rings is 1. The highest BCUT2D eigenvalue weighted by atomic mass is 32.2. The number of para-hydroxylation sites is 1. The van der Waals surface area contributed by atoms with Crippen LogP contribution in [0.15, 0.2) is 64.6 Å². The number of allylic oxidation sites excluding steroid dienone is 4. The average molecular weight is 455 g/mol. The number of fused-ring (bicyclic) bond motifs is 1. The smallest absolute Gasteiger partial charge is 0.306 e. The fraction of sp³-hybridized carbons (Fsp3) is 0.292. The van der Waals surface area contributed by atoms with Gasteiger partial charge in [0.2, 0.25) is 0 Å². The van der Waals surface area contributed by atoms with Gasteiger partial charge in [0.15, 0.2) is 5.16 Å². The van der Waals surface area contributed by atoms with Crippen LogP contribution < -0.4 is 5.56 Å². The number of thioether (sulfide) groups is 1. The van der Waals surface area contributed by atoms with Crippen molar-refractivity contribution in [2.75, 3.05) is 12.9 Å². The summed E-state index contributed by atoms with van der Waals surface area (Å²) in [5, 5.41) is 1.27. The molecule has 0 N–H and O–H groups in total. The Hall–Kier alpha value is -2.64. The maximum atomic E-state index is 13.7. The molecule has 0 radical (unpaired) electrons. The monoisotopic (exact) mass is 454 g/mol. The van der Waals surface area contributed by atoms with Gasteiger partial charge in [-0.3, -0.25) is 14.2 Å². The van der Waals surface area contributed by atoms with Gasteiger partial charge in [0.1, 0.15) is 4.83 Å². The Morgan fingerprint density at radius 1 is 1.23 bits per heavy atom. The van der Waals surface area contributed by atoms with Gasteiger partial charge in [0, 0.05) is 10.6 Å². The predicted octanol–water partition coefficient (Wildman–Crippen LogP) is 5.48. The first kappa shape index (κ1) is 23.0. The highest BCUT2D eigenvalue weighted by molar-refractivity contribution is 7.99. The molecule has 1 aromatic carbocycles. The molecular weight excluding hydrogens is 428 g/mol. The molecule has 7 heteroatoms. The Morgan fingerprint density at radius 3 is 2.71 bits per heavy atom. The van der Waals surface area contributed by atoms with Crippen molar-refractivity contribution in [3.63, 3.8) is 0 Å². The average Bonchev–Trinajstić information content (AvgIpc) is 3.09. The molecule has 0 aliphatic carbocycles. The van der Waals surface area contributed by atoms with Gasteiger partial charge in [-0.05, 0) is 44.4 Å². The standard InChI is InChI=1S/C24H26N2O3S2/c1-4-5-6-7-11-14-19-17(2)31-22-21(19)23(28)26(18-12-9-8-10-13-18)24(25-22)30-16-15-20(27)29-3/h4-5,7-13H,6,14-16H2,1-3H3/b5-4-,11-7-. The second kappa shape index (κ2) is 11.1. The second-order valence-corrected chi connectivity index (χ2v) is 9.11. The van der Waals surface area contributed by atoms with Gasteiger partial charge in [0.05, 0.1) is 24.6 Å². The van der Waals surface area contributed by atoms with E-state index >= 15 is 0 Å². The summed E-state index contributed by atoms with van der Waals surface area (Å²) >= 11 is 2.94. The number of esters is 1. The first-order valence-electron chi connectivity index (χ1n) is 10.1. The van der Waals surface area contributed by atoms with Crippen LogP contribution in [0.1, 0.15) is 30.2 Å². The number of thiophene rings is 1. The lowest BCUT2D eigenvalue weighted by molar-refractivity contribution is -0.140. The zero-order chi connectivity index (χ0) is 22.2. The normalized spacial score (nSPS) is 11.7. The number of aryl methyl sites for hydroxylation is 1. The van der Waals surface area contributed by atoms with Crippen LogP contribution in [0.3, 0.4) is 0 Å². The van der Waals surface area contributed by atoms with E-state index in [1.807, 2.05) is 50.3 Å². The first-order chi connectivity index (χ1) is 15.1. The maximum Gasteiger partial charge on any atom is 0.306 e. The number of hydrogen-bond donors (Lipinski definition) is 0. The molecule has 0 aliphatic rings.